The highest BCUT2D eigenvalue weighted by atomic mass is 16.7. The molecule has 0 heterocycles. The summed E-state index contributed by atoms with van der Waals surface area (Å²) in [7, 11) is 0. The standard InChI is InChI=1S/C31H48O10/c32-13-11-30(40-22-38-20-24-7-3-1-4-8-24)18-28(36)16-26(34)15-27(35)17-29(37)19-31(12-14-33)41-23-39-21-25-9-5-2-6-10-25/h1-10,26-37H,11-23H2/t26-,27-,28-,29-,30-,31-/m0/s1. The SMILES string of the molecule is OCC[C@@H](C[C@@H](O)C[C@@H](O)C[C@H](O)C[C@H](O)C[C@H](CCO)OCOCc1ccccc1)OCOCc1ccccc1. The maximum Gasteiger partial charge on any atom is 0.147 e. The Bertz CT molecular complexity index is 800. The summed E-state index contributed by atoms with van der Waals surface area (Å²) < 4.78 is 22.4. The zero-order chi connectivity index (χ0) is 29.7. The quantitative estimate of drug-likeness (QED) is 0.0804. The van der Waals surface area contributed by atoms with Crippen LogP contribution in [0.4, 0.5) is 0 Å². The van der Waals surface area contributed by atoms with Gasteiger partial charge in [0.05, 0.1) is 49.8 Å². The van der Waals surface area contributed by atoms with Crippen molar-refractivity contribution in [2.24, 2.45) is 0 Å². The zero-order valence-corrected chi connectivity index (χ0v) is 23.7. The van der Waals surface area contributed by atoms with Crippen molar-refractivity contribution in [2.75, 3.05) is 26.8 Å². The number of ether oxygens (including phenoxy) is 4. The first-order valence-corrected chi connectivity index (χ1v) is 14.3. The number of aliphatic hydroxyl groups is 6. The van der Waals surface area contributed by atoms with Gasteiger partial charge in [0, 0.05) is 13.2 Å². The molecule has 41 heavy (non-hydrogen) atoms. The Labute approximate surface area is 243 Å². The third-order valence-electron chi connectivity index (χ3n) is 6.60. The van der Waals surface area contributed by atoms with Gasteiger partial charge < -0.3 is 49.6 Å². The normalized spacial score (nSPS) is 16.1. The molecule has 10 heteroatoms. The second-order valence-electron chi connectivity index (χ2n) is 10.3. The molecule has 6 N–H and O–H groups in total. The predicted octanol–water partition coefficient (Wildman–Crippen LogP) is 2.26. The predicted molar refractivity (Wildman–Crippen MR) is 152 cm³/mol. The molecule has 0 aliphatic carbocycles. The zero-order valence-electron chi connectivity index (χ0n) is 23.7. The third-order valence-corrected chi connectivity index (χ3v) is 6.60. The van der Waals surface area contributed by atoms with Crippen molar-refractivity contribution in [1.29, 1.82) is 0 Å². The van der Waals surface area contributed by atoms with Gasteiger partial charge in [0.2, 0.25) is 0 Å². The molecule has 0 aliphatic heterocycles. The van der Waals surface area contributed by atoms with Gasteiger partial charge in [0.15, 0.2) is 0 Å². The Kier molecular flexibility index (Phi) is 18.7. The van der Waals surface area contributed by atoms with Crippen molar-refractivity contribution < 1.29 is 49.6 Å². The van der Waals surface area contributed by atoms with Crippen LogP contribution in [0.3, 0.4) is 0 Å². The van der Waals surface area contributed by atoms with Crippen LogP contribution in [0.25, 0.3) is 0 Å². The van der Waals surface area contributed by atoms with E-state index < -0.39 is 36.6 Å². The molecule has 0 radical (unpaired) electrons. The van der Waals surface area contributed by atoms with E-state index in [-0.39, 0.29) is 58.9 Å². The van der Waals surface area contributed by atoms with Gasteiger partial charge in [-0.15, -0.1) is 0 Å². The van der Waals surface area contributed by atoms with E-state index in [4.69, 9.17) is 18.9 Å². The van der Waals surface area contributed by atoms with Crippen molar-refractivity contribution in [3.05, 3.63) is 71.8 Å². The molecular weight excluding hydrogens is 532 g/mol. The van der Waals surface area contributed by atoms with E-state index in [2.05, 4.69) is 0 Å². The van der Waals surface area contributed by atoms with Gasteiger partial charge in [-0.3, -0.25) is 0 Å². The first-order chi connectivity index (χ1) is 19.9. The first kappa shape index (κ1) is 35.2. The van der Waals surface area contributed by atoms with Crippen LogP contribution in [0.1, 0.15) is 56.1 Å². The molecule has 0 unspecified atom stereocenters. The Morgan fingerprint density at radius 2 is 0.829 bits per heavy atom. The molecule has 0 bridgehead atoms. The van der Waals surface area contributed by atoms with Crippen LogP contribution >= 0.6 is 0 Å². The summed E-state index contributed by atoms with van der Waals surface area (Å²) in [6.45, 7) is 0.543. The van der Waals surface area contributed by atoms with Gasteiger partial charge in [0.1, 0.15) is 13.6 Å². The van der Waals surface area contributed by atoms with Gasteiger partial charge in [-0.05, 0) is 56.1 Å². The molecular formula is C31H48O10. The van der Waals surface area contributed by atoms with Crippen molar-refractivity contribution >= 4 is 0 Å². The van der Waals surface area contributed by atoms with Crippen LogP contribution < -0.4 is 0 Å². The molecule has 0 aliphatic rings. The van der Waals surface area contributed by atoms with Crippen LogP contribution in [0.2, 0.25) is 0 Å². The third kappa shape index (κ3) is 16.9. The minimum absolute atomic E-state index is 0.00553. The molecule has 0 fully saturated rings. The summed E-state index contributed by atoms with van der Waals surface area (Å²) in [4.78, 5) is 0. The maximum atomic E-state index is 10.5. The van der Waals surface area contributed by atoms with Gasteiger partial charge in [-0.2, -0.15) is 0 Å². The maximum absolute atomic E-state index is 10.5. The lowest BCUT2D eigenvalue weighted by atomic mass is 9.96. The lowest BCUT2D eigenvalue weighted by Gasteiger charge is -2.24. The molecule has 2 aromatic rings. The van der Waals surface area contributed by atoms with Crippen LogP contribution in [-0.2, 0) is 32.2 Å². The number of rotatable bonds is 24. The molecule has 2 rings (SSSR count). The number of benzene rings is 2. The van der Waals surface area contributed by atoms with E-state index >= 15 is 0 Å². The molecule has 2 aromatic carbocycles. The minimum atomic E-state index is -0.993. The Morgan fingerprint density at radius 1 is 0.488 bits per heavy atom. The molecule has 0 aromatic heterocycles. The van der Waals surface area contributed by atoms with Crippen molar-refractivity contribution in [2.45, 2.75) is 94.8 Å². The summed E-state index contributed by atoms with van der Waals surface area (Å²) in [5.41, 5.74) is 2.01. The Balaban J connectivity index is 1.64. The Morgan fingerprint density at radius 3 is 1.17 bits per heavy atom. The first-order valence-electron chi connectivity index (χ1n) is 14.3. The van der Waals surface area contributed by atoms with E-state index in [1.54, 1.807) is 0 Å². The Hall–Kier alpha value is -1.96. The largest absolute Gasteiger partial charge is 0.396 e. The fourth-order valence-corrected chi connectivity index (χ4v) is 4.52. The summed E-state index contributed by atoms with van der Waals surface area (Å²) >= 11 is 0. The van der Waals surface area contributed by atoms with E-state index in [1.165, 1.54) is 0 Å². The minimum Gasteiger partial charge on any atom is -0.396 e. The number of hydrogen-bond donors (Lipinski definition) is 6. The van der Waals surface area contributed by atoms with E-state index in [0.717, 1.165) is 11.1 Å². The lowest BCUT2D eigenvalue weighted by Crippen LogP contribution is -2.30. The van der Waals surface area contributed by atoms with Gasteiger partial charge in [-0.1, -0.05) is 60.7 Å². The topological polar surface area (TPSA) is 158 Å². The van der Waals surface area contributed by atoms with E-state index in [9.17, 15) is 30.6 Å². The lowest BCUT2D eigenvalue weighted by molar-refractivity contribution is -0.113. The smallest absolute Gasteiger partial charge is 0.147 e. The fourth-order valence-electron chi connectivity index (χ4n) is 4.52. The van der Waals surface area contributed by atoms with E-state index in [0.29, 0.717) is 26.1 Å². The second kappa shape index (κ2) is 21.7. The monoisotopic (exact) mass is 580 g/mol. The summed E-state index contributed by atoms with van der Waals surface area (Å²) in [6, 6.07) is 19.3. The highest BCUT2D eigenvalue weighted by molar-refractivity contribution is 5.14. The summed E-state index contributed by atoms with van der Waals surface area (Å²) in [5, 5.41) is 60.4. The van der Waals surface area contributed by atoms with Crippen molar-refractivity contribution in [3.63, 3.8) is 0 Å². The van der Waals surface area contributed by atoms with Crippen LogP contribution in [0.15, 0.2) is 60.7 Å². The summed E-state index contributed by atoms with van der Waals surface area (Å²) in [6.07, 6.45) is -3.71. The molecule has 0 saturated carbocycles. The van der Waals surface area contributed by atoms with E-state index in [1.807, 2.05) is 60.7 Å². The van der Waals surface area contributed by atoms with Crippen LogP contribution in [0.5, 0.6) is 0 Å². The highest BCUT2D eigenvalue weighted by Crippen LogP contribution is 2.18. The molecule has 6 atom stereocenters. The van der Waals surface area contributed by atoms with Gasteiger partial charge in [-0.25, -0.2) is 0 Å². The molecule has 232 valence electrons. The number of aliphatic hydroxyl groups excluding tert-OH is 6. The molecule has 0 amide bonds. The second-order valence-corrected chi connectivity index (χ2v) is 10.3. The van der Waals surface area contributed by atoms with Crippen LogP contribution in [0, 0.1) is 0 Å². The molecule has 0 spiro atoms. The average molecular weight is 581 g/mol. The highest BCUT2D eigenvalue weighted by Gasteiger charge is 2.23. The van der Waals surface area contributed by atoms with Crippen molar-refractivity contribution in [1.82, 2.24) is 0 Å². The van der Waals surface area contributed by atoms with Gasteiger partial charge >= 0.3 is 0 Å². The average Bonchev–Trinajstić information content (AvgIpc) is 2.94. The molecule has 10 nitrogen and oxygen atoms in total. The fraction of sp³-hybridized carbons (Fsp3) is 0.613. The van der Waals surface area contributed by atoms with Crippen LogP contribution in [-0.4, -0.2) is 94.1 Å². The molecule has 0 saturated heterocycles. The number of hydrogen-bond acceptors (Lipinski definition) is 10. The van der Waals surface area contributed by atoms with Gasteiger partial charge in [0.25, 0.3) is 0 Å². The van der Waals surface area contributed by atoms with Crippen molar-refractivity contribution in [3.8, 4) is 0 Å². The summed E-state index contributed by atoms with van der Waals surface area (Å²) in [5.74, 6) is 0.